The minimum absolute atomic E-state index is 0.00848. The summed E-state index contributed by atoms with van der Waals surface area (Å²) in [4.78, 5) is 21.2. The van der Waals surface area contributed by atoms with Crippen molar-refractivity contribution in [1.82, 2.24) is 5.32 Å². The van der Waals surface area contributed by atoms with E-state index in [1.54, 1.807) is 0 Å². The third-order valence-electron chi connectivity index (χ3n) is 2.85. The SMILES string of the molecule is O=C1CCC(Nc2c(Cl)cc([N+](=O)[O-])cc2Cl)CN1. The zero-order chi connectivity index (χ0) is 14.0. The number of anilines is 1. The van der Waals surface area contributed by atoms with Gasteiger partial charge in [-0.1, -0.05) is 23.2 Å². The minimum Gasteiger partial charge on any atom is -0.378 e. The molecule has 1 atom stereocenters. The van der Waals surface area contributed by atoms with Gasteiger partial charge in [0.2, 0.25) is 5.91 Å². The van der Waals surface area contributed by atoms with E-state index >= 15 is 0 Å². The van der Waals surface area contributed by atoms with E-state index in [9.17, 15) is 14.9 Å². The second-order valence-corrected chi connectivity index (χ2v) is 5.04. The van der Waals surface area contributed by atoms with Crippen LogP contribution < -0.4 is 10.6 Å². The van der Waals surface area contributed by atoms with Crippen molar-refractivity contribution in [2.24, 2.45) is 0 Å². The van der Waals surface area contributed by atoms with Crippen LogP contribution in [0.1, 0.15) is 12.8 Å². The van der Waals surface area contributed by atoms with Crippen LogP contribution >= 0.6 is 23.2 Å². The summed E-state index contributed by atoms with van der Waals surface area (Å²) >= 11 is 12.0. The van der Waals surface area contributed by atoms with E-state index in [1.165, 1.54) is 12.1 Å². The lowest BCUT2D eigenvalue weighted by atomic mass is 10.1. The Bertz CT molecular complexity index is 503. The van der Waals surface area contributed by atoms with Gasteiger partial charge in [0.25, 0.3) is 5.69 Å². The third kappa shape index (κ3) is 3.27. The van der Waals surface area contributed by atoms with Crippen LogP contribution in [0.15, 0.2) is 12.1 Å². The lowest BCUT2D eigenvalue weighted by Crippen LogP contribution is -2.41. The summed E-state index contributed by atoms with van der Waals surface area (Å²) in [5.41, 5.74) is 0.299. The predicted octanol–water partition coefficient (Wildman–Crippen LogP) is 2.59. The zero-order valence-corrected chi connectivity index (χ0v) is 11.3. The molecule has 1 unspecified atom stereocenters. The molecule has 6 nitrogen and oxygen atoms in total. The van der Waals surface area contributed by atoms with E-state index in [0.717, 1.165) is 0 Å². The summed E-state index contributed by atoms with van der Waals surface area (Å²) in [7, 11) is 0. The summed E-state index contributed by atoms with van der Waals surface area (Å²) in [5.74, 6) is 0.0129. The van der Waals surface area contributed by atoms with E-state index in [1.807, 2.05) is 0 Å². The molecule has 1 amide bonds. The molecule has 1 aromatic carbocycles. The Morgan fingerprint density at radius 1 is 1.37 bits per heavy atom. The van der Waals surface area contributed by atoms with Gasteiger partial charge in [0.1, 0.15) is 0 Å². The summed E-state index contributed by atoms with van der Waals surface area (Å²) in [6.45, 7) is 0.475. The molecule has 0 saturated carbocycles. The zero-order valence-electron chi connectivity index (χ0n) is 9.78. The number of hydrogen-bond donors (Lipinski definition) is 2. The Balaban J connectivity index is 2.16. The Hall–Kier alpha value is -1.53. The van der Waals surface area contributed by atoms with Crippen molar-refractivity contribution in [1.29, 1.82) is 0 Å². The van der Waals surface area contributed by atoms with E-state index in [2.05, 4.69) is 10.6 Å². The highest BCUT2D eigenvalue weighted by atomic mass is 35.5. The van der Waals surface area contributed by atoms with Crippen LogP contribution in [0.3, 0.4) is 0 Å². The maximum absolute atomic E-state index is 11.0. The molecule has 2 rings (SSSR count). The fraction of sp³-hybridized carbons (Fsp3) is 0.364. The van der Waals surface area contributed by atoms with Gasteiger partial charge in [0.15, 0.2) is 0 Å². The lowest BCUT2D eigenvalue weighted by molar-refractivity contribution is -0.384. The number of amides is 1. The quantitative estimate of drug-likeness (QED) is 0.664. The maximum Gasteiger partial charge on any atom is 0.272 e. The largest absolute Gasteiger partial charge is 0.378 e. The first kappa shape index (κ1) is 13.9. The lowest BCUT2D eigenvalue weighted by Gasteiger charge is -2.25. The van der Waals surface area contributed by atoms with Gasteiger partial charge >= 0.3 is 0 Å². The van der Waals surface area contributed by atoms with Crippen LogP contribution in [-0.2, 0) is 4.79 Å². The molecule has 0 aromatic heterocycles. The number of piperidine rings is 1. The first-order valence-electron chi connectivity index (χ1n) is 5.64. The van der Waals surface area contributed by atoms with Crippen LogP contribution in [0, 0.1) is 10.1 Å². The van der Waals surface area contributed by atoms with Gasteiger partial charge < -0.3 is 10.6 Å². The first-order valence-corrected chi connectivity index (χ1v) is 6.39. The molecule has 19 heavy (non-hydrogen) atoms. The number of hydrogen-bond acceptors (Lipinski definition) is 4. The number of carbonyl (C=O) groups is 1. The molecular formula is C11H11Cl2N3O3. The maximum atomic E-state index is 11.0. The minimum atomic E-state index is -0.553. The van der Waals surface area contributed by atoms with Crippen LogP contribution in [0.25, 0.3) is 0 Å². The Morgan fingerprint density at radius 3 is 2.47 bits per heavy atom. The summed E-state index contributed by atoms with van der Waals surface area (Å²) in [5, 5.41) is 16.9. The van der Waals surface area contributed by atoms with Crippen LogP contribution in [0.2, 0.25) is 10.0 Å². The summed E-state index contributed by atoms with van der Waals surface area (Å²) in [6, 6.07) is 2.50. The van der Waals surface area contributed by atoms with Crippen molar-refractivity contribution < 1.29 is 9.72 Å². The van der Waals surface area contributed by atoms with Gasteiger partial charge in [-0.15, -0.1) is 0 Å². The van der Waals surface area contributed by atoms with Gasteiger partial charge in [0.05, 0.1) is 20.7 Å². The van der Waals surface area contributed by atoms with E-state index in [-0.39, 0.29) is 27.7 Å². The highest BCUT2D eigenvalue weighted by Gasteiger charge is 2.21. The number of non-ortho nitro benzene ring substituents is 1. The number of benzene rings is 1. The molecule has 8 heteroatoms. The van der Waals surface area contributed by atoms with Gasteiger partial charge in [-0.05, 0) is 6.42 Å². The smallest absolute Gasteiger partial charge is 0.272 e. The van der Waals surface area contributed by atoms with Crippen LogP contribution in [0.4, 0.5) is 11.4 Å². The topological polar surface area (TPSA) is 84.3 Å². The molecule has 2 N–H and O–H groups in total. The van der Waals surface area contributed by atoms with Crippen molar-refractivity contribution in [2.75, 3.05) is 11.9 Å². The normalized spacial score (nSPS) is 18.8. The van der Waals surface area contributed by atoms with Gasteiger partial charge in [-0.3, -0.25) is 14.9 Å². The monoisotopic (exact) mass is 303 g/mol. The number of halogens is 2. The average molecular weight is 304 g/mol. The number of rotatable bonds is 3. The molecule has 1 saturated heterocycles. The highest BCUT2D eigenvalue weighted by Crippen LogP contribution is 2.35. The summed E-state index contributed by atoms with van der Waals surface area (Å²) in [6.07, 6.45) is 1.09. The van der Waals surface area contributed by atoms with E-state index in [4.69, 9.17) is 23.2 Å². The number of nitrogens with zero attached hydrogens (tertiary/aromatic N) is 1. The number of nitro benzene ring substituents is 1. The summed E-state index contributed by atoms with van der Waals surface area (Å²) < 4.78 is 0. The fourth-order valence-corrected chi connectivity index (χ4v) is 2.45. The standard InChI is InChI=1S/C11H11Cl2N3O3/c12-8-3-7(16(18)19)4-9(13)11(8)15-6-1-2-10(17)14-5-6/h3-4,6,15H,1-2,5H2,(H,14,17). The molecule has 0 bridgehead atoms. The molecule has 0 spiro atoms. The van der Waals surface area contributed by atoms with Crippen molar-refractivity contribution in [3.05, 3.63) is 32.3 Å². The molecule has 1 heterocycles. The molecule has 1 aromatic rings. The Morgan fingerprint density at radius 2 is 2.00 bits per heavy atom. The Labute approximate surface area is 119 Å². The first-order chi connectivity index (χ1) is 8.97. The number of nitro groups is 1. The second-order valence-electron chi connectivity index (χ2n) is 4.23. The van der Waals surface area contributed by atoms with Gasteiger partial charge in [-0.25, -0.2) is 0 Å². The predicted molar refractivity (Wildman–Crippen MR) is 72.8 cm³/mol. The van der Waals surface area contributed by atoms with Crippen molar-refractivity contribution in [3.63, 3.8) is 0 Å². The molecule has 0 aliphatic carbocycles. The molecule has 1 aliphatic heterocycles. The average Bonchev–Trinajstić information content (AvgIpc) is 2.35. The van der Waals surface area contributed by atoms with Crippen LogP contribution in [-0.4, -0.2) is 23.4 Å². The Kier molecular flexibility index (Phi) is 4.11. The second kappa shape index (κ2) is 5.63. The molecule has 1 aliphatic rings. The number of carbonyl (C=O) groups excluding carboxylic acids is 1. The van der Waals surface area contributed by atoms with Gasteiger partial charge in [-0.2, -0.15) is 0 Å². The van der Waals surface area contributed by atoms with E-state index in [0.29, 0.717) is 25.1 Å². The highest BCUT2D eigenvalue weighted by molar-refractivity contribution is 6.39. The van der Waals surface area contributed by atoms with Crippen LogP contribution in [0.5, 0.6) is 0 Å². The molecular weight excluding hydrogens is 293 g/mol. The third-order valence-corrected chi connectivity index (χ3v) is 3.45. The molecule has 102 valence electrons. The fourth-order valence-electron chi connectivity index (χ4n) is 1.86. The van der Waals surface area contributed by atoms with E-state index < -0.39 is 4.92 Å². The van der Waals surface area contributed by atoms with Crippen molar-refractivity contribution in [2.45, 2.75) is 18.9 Å². The molecule has 1 fully saturated rings. The number of nitrogens with one attached hydrogen (secondary N) is 2. The van der Waals surface area contributed by atoms with Gasteiger partial charge in [0, 0.05) is 31.1 Å². The van der Waals surface area contributed by atoms with Crippen molar-refractivity contribution >= 4 is 40.5 Å². The molecule has 0 radical (unpaired) electrons. The van der Waals surface area contributed by atoms with Crippen molar-refractivity contribution in [3.8, 4) is 0 Å².